The SMILES string of the molecule is N#C[C@H](c1nc2ccccc2nc1N1CCCC1)S(=O)(=O)c1ccccc1. The van der Waals surface area contributed by atoms with E-state index in [1.165, 1.54) is 12.1 Å². The lowest BCUT2D eigenvalue weighted by molar-refractivity contribution is 0.590. The minimum atomic E-state index is -3.92. The highest BCUT2D eigenvalue weighted by molar-refractivity contribution is 7.92. The summed E-state index contributed by atoms with van der Waals surface area (Å²) in [4.78, 5) is 11.4. The number of hydrogen-bond acceptors (Lipinski definition) is 6. The Kier molecular flexibility index (Phi) is 4.50. The molecule has 1 aromatic heterocycles. The largest absolute Gasteiger partial charge is 0.355 e. The van der Waals surface area contributed by atoms with Crippen LogP contribution in [0.2, 0.25) is 0 Å². The van der Waals surface area contributed by atoms with Crippen molar-refractivity contribution < 1.29 is 8.42 Å². The maximum atomic E-state index is 13.2. The average Bonchev–Trinajstić information content (AvgIpc) is 3.23. The van der Waals surface area contributed by atoms with Crippen molar-refractivity contribution in [2.45, 2.75) is 23.0 Å². The number of sulfone groups is 1. The molecule has 1 fully saturated rings. The summed E-state index contributed by atoms with van der Waals surface area (Å²) in [6.07, 6.45) is 2.02. The van der Waals surface area contributed by atoms with E-state index in [0.29, 0.717) is 16.9 Å². The van der Waals surface area contributed by atoms with Crippen molar-refractivity contribution in [3.63, 3.8) is 0 Å². The minimum Gasteiger partial charge on any atom is -0.355 e. The van der Waals surface area contributed by atoms with Crippen LogP contribution in [0.3, 0.4) is 0 Å². The van der Waals surface area contributed by atoms with E-state index < -0.39 is 15.1 Å². The monoisotopic (exact) mass is 378 g/mol. The summed E-state index contributed by atoms with van der Waals surface area (Å²) < 4.78 is 26.3. The number of fused-ring (bicyclic) bond motifs is 1. The van der Waals surface area contributed by atoms with Gasteiger partial charge in [-0.3, -0.25) is 0 Å². The fourth-order valence-corrected chi connectivity index (χ4v) is 4.77. The van der Waals surface area contributed by atoms with Crippen molar-refractivity contribution in [3.8, 4) is 6.07 Å². The Hall–Kier alpha value is -2.98. The van der Waals surface area contributed by atoms with E-state index in [9.17, 15) is 13.7 Å². The molecule has 1 atom stereocenters. The number of hydrogen-bond donors (Lipinski definition) is 0. The van der Waals surface area contributed by atoms with Gasteiger partial charge in [0.1, 0.15) is 5.69 Å². The molecule has 0 spiro atoms. The highest BCUT2D eigenvalue weighted by Crippen LogP contribution is 2.34. The number of anilines is 1. The first-order valence-electron chi connectivity index (χ1n) is 8.81. The zero-order chi connectivity index (χ0) is 18.9. The third-order valence-electron chi connectivity index (χ3n) is 4.73. The Morgan fingerprint density at radius 2 is 1.52 bits per heavy atom. The molecule has 1 aliphatic heterocycles. The first kappa shape index (κ1) is 17.4. The fraction of sp³-hybridized carbons (Fsp3) is 0.250. The van der Waals surface area contributed by atoms with E-state index in [0.717, 1.165) is 25.9 Å². The lowest BCUT2D eigenvalue weighted by Gasteiger charge is -2.22. The van der Waals surface area contributed by atoms with Gasteiger partial charge in [0, 0.05) is 13.1 Å². The molecule has 7 heteroatoms. The second-order valence-corrected chi connectivity index (χ2v) is 8.52. The van der Waals surface area contributed by atoms with Gasteiger partial charge in [0.2, 0.25) is 9.84 Å². The van der Waals surface area contributed by atoms with Gasteiger partial charge < -0.3 is 4.90 Å². The van der Waals surface area contributed by atoms with Crippen LogP contribution in [0.5, 0.6) is 0 Å². The molecule has 1 saturated heterocycles. The smallest absolute Gasteiger partial charge is 0.200 e. The van der Waals surface area contributed by atoms with Crippen LogP contribution in [0, 0.1) is 11.3 Å². The summed E-state index contributed by atoms with van der Waals surface area (Å²) in [6.45, 7) is 1.56. The van der Waals surface area contributed by atoms with Gasteiger partial charge in [-0.15, -0.1) is 0 Å². The van der Waals surface area contributed by atoms with Gasteiger partial charge in [-0.25, -0.2) is 18.4 Å². The average molecular weight is 378 g/mol. The second kappa shape index (κ2) is 6.97. The fourth-order valence-electron chi connectivity index (χ4n) is 3.37. The number of aromatic nitrogens is 2. The molecule has 4 rings (SSSR count). The van der Waals surface area contributed by atoms with E-state index in [4.69, 9.17) is 0 Å². The van der Waals surface area contributed by atoms with Crippen LogP contribution in [0.25, 0.3) is 11.0 Å². The van der Waals surface area contributed by atoms with Gasteiger partial charge >= 0.3 is 0 Å². The van der Waals surface area contributed by atoms with E-state index >= 15 is 0 Å². The molecule has 1 aliphatic rings. The zero-order valence-electron chi connectivity index (χ0n) is 14.6. The summed E-state index contributed by atoms with van der Waals surface area (Å²) in [5, 5.41) is 8.39. The first-order chi connectivity index (χ1) is 13.1. The normalized spacial score (nSPS) is 15.6. The van der Waals surface area contributed by atoms with Crippen LogP contribution in [0.15, 0.2) is 59.5 Å². The van der Waals surface area contributed by atoms with Gasteiger partial charge in [0.05, 0.1) is 22.0 Å². The van der Waals surface area contributed by atoms with Crippen LogP contribution in [0.1, 0.15) is 23.8 Å². The first-order valence-corrected chi connectivity index (χ1v) is 10.4. The van der Waals surface area contributed by atoms with Crippen molar-refractivity contribution in [3.05, 3.63) is 60.3 Å². The van der Waals surface area contributed by atoms with Crippen LogP contribution < -0.4 is 4.90 Å². The quantitative estimate of drug-likeness (QED) is 0.692. The molecule has 0 N–H and O–H groups in total. The third kappa shape index (κ3) is 3.13. The van der Waals surface area contributed by atoms with Crippen molar-refractivity contribution in [1.82, 2.24) is 9.97 Å². The molecule has 0 radical (unpaired) electrons. The molecule has 0 unspecified atom stereocenters. The Morgan fingerprint density at radius 3 is 2.15 bits per heavy atom. The van der Waals surface area contributed by atoms with Crippen molar-refractivity contribution >= 4 is 26.7 Å². The molecule has 0 saturated carbocycles. The highest BCUT2D eigenvalue weighted by atomic mass is 32.2. The molecule has 2 heterocycles. The molecule has 0 aliphatic carbocycles. The summed E-state index contributed by atoms with van der Waals surface area (Å²) in [7, 11) is -3.92. The summed E-state index contributed by atoms with van der Waals surface area (Å²) >= 11 is 0. The number of nitrogens with zero attached hydrogens (tertiary/aromatic N) is 4. The van der Waals surface area contributed by atoms with Gasteiger partial charge in [-0.05, 0) is 37.1 Å². The van der Waals surface area contributed by atoms with E-state index in [2.05, 4.69) is 9.97 Å². The third-order valence-corrected chi connectivity index (χ3v) is 6.61. The number of benzene rings is 2. The minimum absolute atomic E-state index is 0.110. The van der Waals surface area contributed by atoms with Crippen LogP contribution in [-0.4, -0.2) is 31.5 Å². The maximum absolute atomic E-state index is 13.2. The van der Waals surface area contributed by atoms with Crippen molar-refractivity contribution in [1.29, 1.82) is 5.26 Å². The maximum Gasteiger partial charge on any atom is 0.200 e. The molecular formula is C20H18N4O2S. The zero-order valence-corrected chi connectivity index (χ0v) is 15.4. The van der Waals surface area contributed by atoms with Crippen molar-refractivity contribution in [2.24, 2.45) is 0 Å². The Morgan fingerprint density at radius 1 is 0.926 bits per heavy atom. The molecule has 3 aromatic rings. The second-order valence-electron chi connectivity index (χ2n) is 6.48. The van der Waals surface area contributed by atoms with Gasteiger partial charge in [0.15, 0.2) is 11.1 Å². The molecule has 27 heavy (non-hydrogen) atoms. The van der Waals surface area contributed by atoms with E-state index in [-0.39, 0.29) is 10.6 Å². The van der Waals surface area contributed by atoms with Crippen molar-refractivity contribution in [2.75, 3.05) is 18.0 Å². The lowest BCUT2D eigenvalue weighted by Crippen LogP contribution is -2.24. The molecular weight excluding hydrogens is 360 g/mol. The predicted octanol–water partition coefficient (Wildman–Crippen LogP) is 3.27. The Labute approximate surface area is 158 Å². The van der Waals surface area contributed by atoms with Gasteiger partial charge in [-0.2, -0.15) is 5.26 Å². The number of rotatable bonds is 4. The van der Waals surface area contributed by atoms with Crippen LogP contribution >= 0.6 is 0 Å². The summed E-state index contributed by atoms with van der Waals surface area (Å²) in [6, 6.07) is 17.3. The van der Waals surface area contributed by atoms with Crippen LogP contribution in [-0.2, 0) is 9.84 Å². The Bertz CT molecular complexity index is 1120. The van der Waals surface area contributed by atoms with Gasteiger partial charge in [-0.1, -0.05) is 30.3 Å². The highest BCUT2D eigenvalue weighted by Gasteiger charge is 2.35. The Balaban J connectivity index is 1.92. The predicted molar refractivity (Wildman–Crippen MR) is 103 cm³/mol. The molecule has 6 nitrogen and oxygen atoms in total. The summed E-state index contributed by atoms with van der Waals surface area (Å²) in [5.41, 5.74) is 1.48. The molecule has 0 amide bonds. The number of para-hydroxylation sites is 2. The topological polar surface area (TPSA) is 86.9 Å². The van der Waals surface area contributed by atoms with Crippen LogP contribution in [0.4, 0.5) is 5.82 Å². The number of nitriles is 1. The molecule has 0 bridgehead atoms. The standard InChI is InChI=1S/C20H18N4O2S/c21-14-18(27(25,26)15-8-2-1-3-9-15)19-20(24-12-6-7-13-24)23-17-11-5-4-10-16(17)22-19/h1-5,8-11,18H,6-7,12-13H2/t18-/m1/s1. The summed E-state index contributed by atoms with van der Waals surface area (Å²) in [5.74, 6) is 0.497. The lowest BCUT2D eigenvalue weighted by atomic mass is 10.2. The van der Waals surface area contributed by atoms with E-state index in [1.54, 1.807) is 24.3 Å². The van der Waals surface area contributed by atoms with Gasteiger partial charge in [0.25, 0.3) is 0 Å². The molecule has 2 aromatic carbocycles. The van der Waals surface area contributed by atoms with E-state index in [1.807, 2.05) is 29.2 Å². The molecule has 136 valence electrons.